The molecule has 0 spiro atoms. The molecule has 0 fully saturated rings. The maximum Gasteiger partial charge on any atom is 0.252 e. The van der Waals surface area contributed by atoms with Gasteiger partial charge in [0.05, 0.1) is 17.1 Å². The first-order chi connectivity index (χ1) is 18.2. The molecule has 9 nitrogen and oxygen atoms in total. The Kier molecular flexibility index (Phi) is 7.21. The summed E-state index contributed by atoms with van der Waals surface area (Å²) in [5, 5.41) is 13.8. The molecule has 4 aromatic rings. The van der Waals surface area contributed by atoms with E-state index in [1.165, 1.54) is 11.1 Å². The van der Waals surface area contributed by atoms with Gasteiger partial charge in [0.25, 0.3) is 5.56 Å². The van der Waals surface area contributed by atoms with Crippen molar-refractivity contribution >= 4 is 10.9 Å². The highest BCUT2D eigenvalue weighted by atomic mass is 16.7. The summed E-state index contributed by atoms with van der Waals surface area (Å²) >= 11 is 0. The summed E-state index contributed by atoms with van der Waals surface area (Å²) in [4.78, 5) is 18.7. The molecule has 0 saturated heterocycles. The minimum atomic E-state index is -0.268. The first kappa shape index (κ1) is 25.9. The summed E-state index contributed by atoms with van der Waals surface area (Å²) in [5.41, 5.74) is 3.55. The molecular formula is C29H36N6O3. The minimum absolute atomic E-state index is 0.0501. The highest BCUT2D eigenvalue weighted by molar-refractivity contribution is 5.83. The molecule has 0 aliphatic carbocycles. The normalized spacial score (nSPS) is 13.9. The van der Waals surface area contributed by atoms with E-state index >= 15 is 0 Å². The number of tetrazole rings is 1. The smallest absolute Gasteiger partial charge is 0.252 e. The molecule has 5 rings (SSSR count). The second kappa shape index (κ2) is 10.6. The summed E-state index contributed by atoms with van der Waals surface area (Å²) < 4.78 is 13.0. The van der Waals surface area contributed by atoms with Gasteiger partial charge in [0, 0.05) is 30.1 Å². The predicted molar refractivity (Wildman–Crippen MR) is 146 cm³/mol. The molecule has 2 aromatic heterocycles. The van der Waals surface area contributed by atoms with Crippen molar-refractivity contribution in [2.45, 2.75) is 72.0 Å². The maximum absolute atomic E-state index is 13.3. The summed E-state index contributed by atoms with van der Waals surface area (Å²) in [5.74, 6) is 2.17. The molecule has 1 aliphatic heterocycles. The third-order valence-electron chi connectivity index (χ3n) is 6.99. The quantitative estimate of drug-likeness (QED) is 0.338. The van der Waals surface area contributed by atoms with Crippen molar-refractivity contribution in [1.82, 2.24) is 30.1 Å². The summed E-state index contributed by atoms with van der Waals surface area (Å²) in [6.07, 6.45) is 2.68. The Balaban J connectivity index is 1.53. The number of fused-ring (bicyclic) bond motifs is 2. The van der Waals surface area contributed by atoms with Crippen LogP contribution in [0.4, 0.5) is 0 Å². The Morgan fingerprint density at radius 3 is 2.66 bits per heavy atom. The molecular weight excluding hydrogens is 480 g/mol. The van der Waals surface area contributed by atoms with E-state index in [1.54, 1.807) is 0 Å². The number of aromatic amines is 1. The lowest BCUT2D eigenvalue weighted by Gasteiger charge is -2.33. The van der Waals surface area contributed by atoms with Crippen LogP contribution in [0.2, 0.25) is 0 Å². The van der Waals surface area contributed by atoms with Crippen molar-refractivity contribution in [2.75, 3.05) is 13.3 Å². The van der Waals surface area contributed by atoms with Gasteiger partial charge < -0.3 is 14.5 Å². The second-order valence-electron chi connectivity index (χ2n) is 11.1. The zero-order chi connectivity index (χ0) is 26.9. The fourth-order valence-corrected chi connectivity index (χ4v) is 5.09. The highest BCUT2D eigenvalue weighted by Gasteiger charge is 2.30. The van der Waals surface area contributed by atoms with Gasteiger partial charge in [-0.25, -0.2) is 4.68 Å². The lowest BCUT2D eigenvalue weighted by atomic mass is 10.0. The van der Waals surface area contributed by atoms with E-state index in [1.807, 2.05) is 22.9 Å². The number of aromatic nitrogens is 5. The topological polar surface area (TPSA) is 98.2 Å². The number of rotatable bonds is 9. The lowest BCUT2D eigenvalue weighted by Crippen LogP contribution is -2.36. The maximum atomic E-state index is 13.3. The third-order valence-corrected chi connectivity index (χ3v) is 6.99. The third kappa shape index (κ3) is 5.43. The van der Waals surface area contributed by atoms with Crippen molar-refractivity contribution in [3.8, 4) is 11.5 Å². The molecule has 1 atom stereocenters. The van der Waals surface area contributed by atoms with E-state index in [4.69, 9.17) is 9.47 Å². The van der Waals surface area contributed by atoms with Crippen LogP contribution in [0, 0.1) is 6.92 Å². The van der Waals surface area contributed by atoms with Crippen molar-refractivity contribution in [3.63, 3.8) is 0 Å². The van der Waals surface area contributed by atoms with E-state index in [0.29, 0.717) is 23.6 Å². The first-order valence-electron chi connectivity index (χ1n) is 13.3. The molecule has 1 aliphatic rings. The van der Waals surface area contributed by atoms with Crippen molar-refractivity contribution in [1.29, 1.82) is 0 Å². The van der Waals surface area contributed by atoms with Crippen LogP contribution in [0.3, 0.4) is 0 Å². The molecule has 1 N–H and O–H groups in total. The highest BCUT2D eigenvalue weighted by Crippen LogP contribution is 2.35. The first-order valence-corrected chi connectivity index (χ1v) is 13.3. The second-order valence-corrected chi connectivity index (χ2v) is 11.1. The summed E-state index contributed by atoms with van der Waals surface area (Å²) in [6.45, 7) is 12.0. The predicted octanol–water partition coefficient (Wildman–Crippen LogP) is 4.89. The molecule has 0 amide bonds. The standard InChI is InChI=1S/C29H36N6O3/c1-6-8-24(27-31-32-33-35(27)29(3,4)5)34(12-11-20-10-7-9-19(2)13-20)17-22-14-21-15-25-26(38-18-37-25)16-23(21)30-28(22)36/h7,9-10,13-16,24H,6,8,11-12,17-18H2,1-5H3,(H,30,36)/t24-/m0/s1. The molecule has 200 valence electrons. The fraction of sp³-hybridized carbons (Fsp3) is 0.448. The van der Waals surface area contributed by atoms with Gasteiger partial charge in [0.1, 0.15) is 0 Å². The molecule has 0 bridgehead atoms. The van der Waals surface area contributed by atoms with E-state index < -0.39 is 0 Å². The van der Waals surface area contributed by atoms with E-state index in [0.717, 1.165) is 42.5 Å². The number of H-pyrrole nitrogens is 1. The molecule has 9 heteroatoms. The van der Waals surface area contributed by atoms with Crippen LogP contribution in [-0.4, -0.2) is 43.4 Å². The molecule has 0 radical (unpaired) electrons. The Morgan fingerprint density at radius 2 is 1.92 bits per heavy atom. The van der Waals surface area contributed by atoms with Crippen molar-refractivity contribution < 1.29 is 9.47 Å². The SMILES string of the molecule is CCC[C@@H](c1nnnn1C(C)(C)C)N(CCc1cccc(C)c1)Cc1cc2cc3c(cc2[nH]c1=O)OCO3. The number of nitrogens with zero attached hydrogens (tertiary/aromatic N) is 5. The van der Waals surface area contributed by atoms with Crippen LogP contribution < -0.4 is 15.0 Å². The molecule has 0 unspecified atom stereocenters. The Bertz CT molecular complexity index is 1490. The summed E-state index contributed by atoms with van der Waals surface area (Å²) in [6, 6.07) is 14.3. The van der Waals surface area contributed by atoms with Crippen LogP contribution >= 0.6 is 0 Å². The van der Waals surface area contributed by atoms with Crippen molar-refractivity contribution in [3.05, 3.63) is 75.3 Å². The minimum Gasteiger partial charge on any atom is -0.454 e. The van der Waals surface area contributed by atoms with Gasteiger partial charge in [-0.2, -0.15) is 0 Å². The van der Waals surface area contributed by atoms with Gasteiger partial charge in [0.2, 0.25) is 6.79 Å². The van der Waals surface area contributed by atoms with E-state index in [9.17, 15) is 4.79 Å². The van der Waals surface area contributed by atoms with Crippen LogP contribution in [0.1, 0.15) is 69.1 Å². The monoisotopic (exact) mass is 516 g/mol. The number of pyridine rings is 1. The fourth-order valence-electron chi connectivity index (χ4n) is 5.09. The largest absolute Gasteiger partial charge is 0.454 e. The van der Waals surface area contributed by atoms with Crippen LogP contribution in [0.25, 0.3) is 10.9 Å². The molecule has 0 saturated carbocycles. The number of benzene rings is 2. The number of nitrogens with one attached hydrogen (secondary N) is 1. The average molecular weight is 517 g/mol. The zero-order valence-corrected chi connectivity index (χ0v) is 22.8. The van der Waals surface area contributed by atoms with E-state index in [2.05, 4.69) is 84.3 Å². The number of hydrogen-bond donors (Lipinski definition) is 1. The van der Waals surface area contributed by atoms with Crippen molar-refractivity contribution in [2.24, 2.45) is 0 Å². The van der Waals surface area contributed by atoms with Gasteiger partial charge in [0.15, 0.2) is 17.3 Å². The van der Waals surface area contributed by atoms with Crippen LogP contribution in [0.5, 0.6) is 11.5 Å². The zero-order valence-electron chi connectivity index (χ0n) is 22.8. The lowest BCUT2D eigenvalue weighted by molar-refractivity contribution is 0.158. The average Bonchev–Trinajstić information content (AvgIpc) is 3.54. The van der Waals surface area contributed by atoms with Crippen LogP contribution in [-0.2, 0) is 18.5 Å². The van der Waals surface area contributed by atoms with Crippen LogP contribution in [0.15, 0.2) is 47.3 Å². The molecule has 3 heterocycles. The van der Waals surface area contributed by atoms with Gasteiger partial charge in [-0.15, -0.1) is 5.10 Å². The molecule has 2 aromatic carbocycles. The number of aryl methyl sites for hydroxylation is 1. The van der Waals surface area contributed by atoms with Gasteiger partial charge in [-0.1, -0.05) is 43.2 Å². The number of hydrogen-bond acceptors (Lipinski definition) is 7. The van der Waals surface area contributed by atoms with E-state index in [-0.39, 0.29) is 23.9 Å². The molecule has 38 heavy (non-hydrogen) atoms. The van der Waals surface area contributed by atoms with Gasteiger partial charge in [-0.3, -0.25) is 9.69 Å². The Hall–Kier alpha value is -3.72. The van der Waals surface area contributed by atoms with Gasteiger partial charge >= 0.3 is 0 Å². The Morgan fingerprint density at radius 1 is 1.13 bits per heavy atom. The number of ether oxygens (including phenoxy) is 2. The van der Waals surface area contributed by atoms with Gasteiger partial charge in [-0.05, 0) is 68.7 Å². The summed E-state index contributed by atoms with van der Waals surface area (Å²) in [7, 11) is 0. The Labute approximate surface area is 222 Å².